The molecule has 94 valence electrons. The third-order valence-electron chi connectivity index (χ3n) is 2.23. The Balaban J connectivity index is 2.34. The molecule has 0 saturated carbocycles. The Morgan fingerprint density at radius 3 is 2.89 bits per heavy atom. The van der Waals surface area contributed by atoms with E-state index in [1.807, 2.05) is 18.2 Å². The molecule has 19 heavy (non-hydrogen) atoms. The summed E-state index contributed by atoms with van der Waals surface area (Å²) in [5, 5.41) is 17.4. The number of halogens is 1. The van der Waals surface area contributed by atoms with Crippen molar-refractivity contribution in [3.63, 3.8) is 0 Å². The molecule has 2 aromatic rings. The summed E-state index contributed by atoms with van der Waals surface area (Å²) in [5.41, 5.74) is 0.806. The first-order valence-electron chi connectivity index (χ1n) is 5.38. The van der Waals surface area contributed by atoms with Gasteiger partial charge in [-0.3, -0.25) is 0 Å². The molecule has 0 radical (unpaired) electrons. The number of ether oxygens (including phenoxy) is 1. The Hall–Kier alpha value is -2.14. The number of nitrogens with zero attached hydrogens (tertiary/aromatic N) is 3. The van der Waals surface area contributed by atoms with Gasteiger partial charge < -0.3 is 0 Å². The van der Waals surface area contributed by atoms with Crippen LogP contribution in [0.1, 0.15) is 4.57 Å². The van der Waals surface area contributed by atoms with Crippen molar-refractivity contribution in [2.24, 2.45) is 0 Å². The molecule has 0 aliphatic rings. The average Bonchev–Trinajstić information content (AvgIpc) is 2.84. The van der Waals surface area contributed by atoms with Crippen molar-refractivity contribution in [1.29, 1.82) is 10.5 Å². The van der Waals surface area contributed by atoms with E-state index in [1.165, 1.54) is 6.08 Å². The molecule has 4 nitrogen and oxygen atoms in total. The van der Waals surface area contributed by atoms with Gasteiger partial charge in [-0.1, -0.05) is 0 Å². The van der Waals surface area contributed by atoms with E-state index < -0.39 is 6.67 Å². The zero-order chi connectivity index (χ0) is 13.7. The molecule has 0 fully saturated rings. The molecule has 0 aliphatic carbocycles. The van der Waals surface area contributed by atoms with Crippen molar-refractivity contribution < 1.29 is 9.13 Å². The Kier molecular flexibility index (Phi) is 4.30. The van der Waals surface area contributed by atoms with E-state index >= 15 is 0 Å². The van der Waals surface area contributed by atoms with Crippen LogP contribution in [0, 0.1) is 22.7 Å². The minimum atomic E-state index is -0.536. The number of rotatable bonds is 4. The fraction of sp³-hybridized carbons (Fsp3) is 0.154. The van der Waals surface area contributed by atoms with Gasteiger partial charge in [0.2, 0.25) is 0 Å². The minimum absolute atomic E-state index is 0.0209. The molecule has 2 rings (SSSR count). The predicted octanol–water partition coefficient (Wildman–Crippen LogP) is 2.07. The van der Waals surface area contributed by atoms with Crippen molar-refractivity contribution in [2.75, 3.05) is 13.3 Å². The van der Waals surface area contributed by atoms with Gasteiger partial charge in [0, 0.05) is 0 Å². The van der Waals surface area contributed by atoms with E-state index in [-0.39, 0.29) is 26.7 Å². The molecule has 1 aromatic carbocycles. The van der Waals surface area contributed by atoms with Crippen LogP contribution < -0.4 is 4.74 Å². The van der Waals surface area contributed by atoms with Crippen molar-refractivity contribution in [3.8, 4) is 17.9 Å². The maximum atomic E-state index is 12.0. The Labute approximate surface area is 115 Å². The molecule has 1 aromatic heterocycles. The molecular weight excluding hydrogens is 312 g/mol. The fourth-order valence-electron chi connectivity index (χ4n) is 1.45. The van der Waals surface area contributed by atoms with Crippen molar-refractivity contribution in [3.05, 3.63) is 28.3 Å². The van der Waals surface area contributed by atoms with E-state index in [0.29, 0.717) is 5.75 Å². The quantitative estimate of drug-likeness (QED) is 0.639. The third-order valence-corrected chi connectivity index (χ3v) is 4.29. The Bertz CT molecular complexity index is 693. The van der Waals surface area contributed by atoms with Crippen LogP contribution in [-0.2, 0) is 0 Å². The third kappa shape index (κ3) is 3.20. The number of allylic oxidation sites excluding steroid dienone is 1. The zero-order valence-corrected chi connectivity index (χ0v) is 11.5. The second-order valence-corrected chi connectivity index (χ2v) is 5.73. The van der Waals surface area contributed by atoms with Crippen LogP contribution in [0.5, 0.6) is 5.75 Å². The van der Waals surface area contributed by atoms with Gasteiger partial charge in [0.25, 0.3) is 0 Å². The SMILES string of the molecule is N#CC(C#N)=Cc1nc2cc(OCCF)ccc2[se]1. The Morgan fingerprint density at radius 2 is 2.21 bits per heavy atom. The van der Waals surface area contributed by atoms with Crippen LogP contribution in [-0.4, -0.2) is 32.8 Å². The molecule has 1 heterocycles. The van der Waals surface area contributed by atoms with Gasteiger partial charge in [-0.05, 0) is 0 Å². The molecule has 0 N–H and O–H groups in total. The average molecular weight is 320 g/mol. The summed E-state index contributed by atoms with van der Waals surface area (Å²) in [5.74, 6) is 0.571. The first-order valence-corrected chi connectivity index (χ1v) is 7.09. The van der Waals surface area contributed by atoms with Gasteiger partial charge in [0.15, 0.2) is 0 Å². The van der Waals surface area contributed by atoms with E-state index in [4.69, 9.17) is 15.3 Å². The number of alkyl halides is 1. The van der Waals surface area contributed by atoms with Crippen LogP contribution in [0.2, 0.25) is 0 Å². The topological polar surface area (TPSA) is 69.7 Å². The van der Waals surface area contributed by atoms with Crippen LogP contribution >= 0.6 is 0 Å². The van der Waals surface area contributed by atoms with Crippen LogP contribution in [0.3, 0.4) is 0 Å². The number of nitriles is 2. The first-order chi connectivity index (χ1) is 9.26. The number of hydrogen-bond donors (Lipinski definition) is 0. The molecule has 0 amide bonds. The van der Waals surface area contributed by atoms with Gasteiger partial charge in [-0.15, -0.1) is 0 Å². The molecule has 0 unspecified atom stereocenters. The molecule has 6 heteroatoms. The second-order valence-electron chi connectivity index (χ2n) is 3.50. The molecule has 0 atom stereocenters. The van der Waals surface area contributed by atoms with Gasteiger partial charge in [-0.2, -0.15) is 0 Å². The number of benzene rings is 1. The van der Waals surface area contributed by atoms with Crippen LogP contribution in [0.25, 0.3) is 15.9 Å². The second kappa shape index (κ2) is 6.15. The number of hydrogen-bond acceptors (Lipinski definition) is 4. The molecular formula is C13H8FN3OSe. The summed E-state index contributed by atoms with van der Waals surface area (Å²) >= 11 is -0.0209. The van der Waals surface area contributed by atoms with E-state index in [9.17, 15) is 4.39 Å². The monoisotopic (exact) mass is 321 g/mol. The number of aromatic nitrogens is 1. The van der Waals surface area contributed by atoms with E-state index in [1.54, 1.807) is 12.1 Å². The molecule has 0 saturated heterocycles. The van der Waals surface area contributed by atoms with Gasteiger partial charge >= 0.3 is 115 Å². The van der Waals surface area contributed by atoms with Crippen LogP contribution in [0.15, 0.2) is 23.8 Å². The normalized spacial score (nSPS) is 9.63. The Morgan fingerprint density at radius 1 is 1.42 bits per heavy atom. The molecule has 0 bridgehead atoms. The summed E-state index contributed by atoms with van der Waals surface area (Å²) in [6.07, 6.45) is 1.50. The van der Waals surface area contributed by atoms with Crippen molar-refractivity contribution in [1.82, 2.24) is 4.98 Å². The predicted molar refractivity (Wildman–Crippen MR) is 69.4 cm³/mol. The first kappa shape index (κ1) is 13.3. The summed E-state index contributed by atoms with van der Waals surface area (Å²) in [7, 11) is 0. The van der Waals surface area contributed by atoms with Crippen LogP contribution in [0.4, 0.5) is 4.39 Å². The summed E-state index contributed by atoms with van der Waals surface area (Å²) in [6, 6.07) is 9.01. The summed E-state index contributed by atoms with van der Waals surface area (Å²) in [4.78, 5) is 4.35. The zero-order valence-electron chi connectivity index (χ0n) is 9.76. The standard InChI is InChI=1S/C13H8FN3OSe/c14-3-4-18-10-1-2-12-11(6-10)17-13(19-12)5-9(7-15)8-16/h1-2,5-6H,3-4H2. The maximum absolute atomic E-state index is 12.0. The van der Waals surface area contributed by atoms with Gasteiger partial charge in [0.05, 0.1) is 0 Å². The van der Waals surface area contributed by atoms with Crippen molar-refractivity contribution >= 4 is 30.4 Å². The summed E-state index contributed by atoms with van der Waals surface area (Å²) in [6.45, 7) is -0.514. The van der Waals surface area contributed by atoms with E-state index in [0.717, 1.165) is 14.3 Å². The number of fused-ring (bicyclic) bond motifs is 1. The molecule has 0 aliphatic heterocycles. The van der Waals surface area contributed by atoms with Gasteiger partial charge in [-0.25, -0.2) is 0 Å². The molecule has 0 spiro atoms. The van der Waals surface area contributed by atoms with Crippen molar-refractivity contribution in [2.45, 2.75) is 0 Å². The fourth-order valence-corrected chi connectivity index (χ4v) is 3.32. The van der Waals surface area contributed by atoms with Gasteiger partial charge in [0.1, 0.15) is 0 Å². The van der Waals surface area contributed by atoms with E-state index in [2.05, 4.69) is 4.98 Å². The summed E-state index contributed by atoms with van der Waals surface area (Å²) < 4.78 is 19.0.